The molecular formula is C27H34N2O6. The number of amides is 2. The maximum absolute atomic E-state index is 12.8. The lowest BCUT2D eigenvalue weighted by molar-refractivity contribution is -0.152. The number of hydrogen-bond donors (Lipinski definition) is 1. The van der Waals surface area contributed by atoms with Crippen LogP contribution in [0.4, 0.5) is 0 Å². The zero-order valence-corrected chi connectivity index (χ0v) is 20.6. The molecule has 1 heterocycles. The maximum Gasteiger partial charge on any atom is 0.308 e. The minimum atomic E-state index is -0.935. The van der Waals surface area contributed by atoms with Gasteiger partial charge in [0.15, 0.2) is 6.61 Å². The van der Waals surface area contributed by atoms with Gasteiger partial charge in [-0.3, -0.25) is 14.4 Å². The highest BCUT2D eigenvalue weighted by atomic mass is 16.6. The standard InChI is InChI=1S/C27H34N2O6/c1-4-27(2,3)20-10-12-22(13-11-20)35-19-24(30)29-15-14-28-26(32)23(29)18-25(31)34-17-16-33-21-8-6-5-7-9-21/h5-13,23H,4,14-19H2,1-3H3,(H,28,32). The van der Waals surface area contributed by atoms with Crippen LogP contribution in [-0.4, -0.2) is 61.6 Å². The van der Waals surface area contributed by atoms with Gasteiger partial charge in [0.05, 0.1) is 6.42 Å². The Balaban J connectivity index is 1.49. The predicted octanol–water partition coefficient (Wildman–Crippen LogP) is 3.09. The molecule has 2 amide bonds. The second-order valence-electron chi connectivity index (χ2n) is 9.03. The molecule has 3 rings (SSSR count). The summed E-state index contributed by atoms with van der Waals surface area (Å²) in [5, 5.41) is 2.70. The molecule has 1 saturated heterocycles. The molecule has 0 aliphatic carbocycles. The molecule has 188 valence electrons. The number of nitrogens with zero attached hydrogens (tertiary/aromatic N) is 1. The molecule has 0 bridgehead atoms. The molecule has 8 heteroatoms. The zero-order chi connectivity index (χ0) is 25.3. The van der Waals surface area contributed by atoms with Gasteiger partial charge in [0.25, 0.3) is 5.91 Å². The Hall–Kier alpha value is -3.55. The third-order valence-electron chi connectivity index (χ3n) is 6.25. The first-order valence-corrected chi connectivity index (χ1v) is 11.9. The highest BCUT2D eigenvalue weighted by molar-refractivity contribution is 5.92. The van der Waals surface area contributed by atoms with Crippen molar-refractivity contribution in [1.29, 1.82) is 0 Å². The normalized spacial score (nSPS) is 15.8. The summed E-state index contributed by atoms with van der Waals surface area (Å²) in [7, 11) is 0. The molecule has 1 aliphatic heterocycles. The monoisotopic (exact) mass is 482 g/mol. The van der Waals surface area contributed by atoms with Gasteiger partial charge in [-0.05, 0) is 41.7 Å². The van der Waals surface area contributed by atoms with Crippen LogP contribution in [0, 0.1) is 0 Å². The van der Waals surface area contributed by atoms with Gasteiger partial charge in [-0.15, -0.1) is 0 Å². The van der Waals surface area contributed by atoms with E-state index in [0.717, 1.165) is 6.42 Å². The Kier molecular flexibility index (Phi) is 9.11. The quantitative estimate of drug-likeness (QED) is 0.391. The summed E-state index contributed by atoms with van der Waals surface area (Å²) in [4.78, 5) is 39.0. The molecule has 1 unspecified atom stereocenters. The van der Waals surface area contributed by atoms with E-state index < -0.39 is 12.0 Å². The third-order valence-corrected chi connectivity index (χ3v) is 6.25. The van der Waals surface area contributed by atoms with Crippen LogP contribution in [0.2, 0.25) is 0 Å². The minimum absolute atomic E-state index is 0.0456. The second kappa shape index (κ2) is 12.2. The first-order chi connectivity index (χ1) is 16.8. The average molecular weight is 483 g/mol. The summed E-state index contributed by atoms with van der Waals surface area (Å²) in [5.74, 6) is -0.0617. The molecule has 1 atom stereocenters. The van der Waals surface area contributed by atoms with E-state index in [1.807, 2.05) is 42.5 Å². The van der Waals surface area contributed by atoms with E-state index in [0.29, 0.717) is 24.6 Å². The van der Waals surface area contributed by atoms with Crippen molar-refractivity contribution in [3.8, 4) is 11.5 Å². The Morgan fingerprint density at radius 3 is 2.37 bits per heavy atom. The smallest absolute Gasteiger partial charge is 0.308 e. The fourth-order valence-electron chi connectivity index (χ4n) is 3.70. The molecule has 0 spiro atoms. The van der Waals surface area contributed by atoms with Crippen molar-refractivity contribution in [2.75, 3.05) is 32.9 Å². The van der Waals surface area contributed by atoms with Crippen LogP contribution in [0.3, 0.4) is 0 Å². The van der Waals surface area contributed by atoms with E-state index in [-0.39, 0.29) is 43.5 Å². The lowest BCUT2D eigenvalue weighted by Crippen LogP contribution is -2.58. The topological polar surface area (TPSA) is 94.2 Å². The third kappa shape index (κ3) is 7.47. The number of carbonyl (C=O) groups is 3. The van der Waals surface area contributed by atoms with E-state index in [1.54, 1.807) is 12.1 Å². The Morgan fingerprint density at radius 1 is 1.00 bits per heavy atom. The number of carbonyl (C=O) groups excluding carboxylic acids is 3. The molecule has 8 nitrogen and oxygen atoms in total. The van der Waals surface area contributed by atoms with Crippen LogP contribution >= 0.6 is 0 Å². The Bertz CT molecular complexity index is 990. The molecule has 0 saturated carbocycles. The van der Waals surface area contributed by atoms with Gasteiger partial charge in [-0.25, -0.2) is 0 Å². The molecule has 2 aromatic carbocycles. The fraction of sp³-hybridized carbons (Fsp3) is 0.444. The number of benzene rings is 2. The van der Waals surface area contributed by atoms with E-state index >= 15 is 0 Å². The number of piperazine rings is 1. The first-order valence-electron chi connectivity index (χ1n) is 11.9. The number of nitrogens with one attached hydrogen (secondary N) is 1. The number of para-hydroxylation sites is 1. The maximum atomic E-state index is 12.8. The van der Waals surface area contributed by atoms with E-state index in [1.165, 1.54) is 10.5 Å². The number of hydrogen-bond acceptors (Lipinski definition) is 6. The van der Waals surface area contributed by atoms with Crippen LogP contribution in [-0.2, 0) is 24.5 Å². The van der Waals surface area contributed by atoms with Gasteiger partial charge < -0.3 is 24.4 Å². The van der Waals surface area contributed by atoms with Crippen LogP contribution in [0.25, 0.3) is 0 Å². The molecular weight excluding hydrogens is 448 g/mol. The highest BCUT2D eigenvalue weighted by Gasteiger charge is 2.35. The van der Waals surface area contributed by atoms with Crippen LogP contribution in [0.1, 0.15) is 39.2 Å². The van der Waals surface area contributed by atoms with Gasteiger partial charge in [0.1, 0.15) is 30.8 Å². The average Bonchev–Trinajstić information content (AvgIpc) is 2.87. The summed E-state index contributed by atoms with van der Waals surface area (Å²) in [6.45, 7) is 7.13. The molecule has 0 radical (unpaired) electrons. The van der Waals surface area contributed by atoms with Crippen molar-refractivity contribution < 1.29 is 28.6 Å². The number of esters is 1. The molecule has 35 heavy (non-hydrogen) atoms. The highest BCUT2D eigenvalue weighted by Crippen LogP contribution is 2.28. The van der Waals surface area contributed by atoms with Crippen molar-refractivity contribution in [3.05, 3.63) is 60.2 Å². The lowest BCUT2D eigenvalue weighted by atomic mass is 9.82. The first kappa shape index (κ1) is 26.1. The summed E-state index contributed by atoms with van der Waals surface area (Å²) in [6.07, 6.45) is 0.774. The molecule has 1 aliphatic rings. The van der Waals surface area contributed by atoms with E-state index in [2.05, 4.69) is 26.1 Å². The van der Waals surface area contributed by atoms with Gasteiger partial charge in [0.2, 0.25) is 5.91 Å². The lowest BCUT2D eigenvalue weighted by Gasteiger charge is -2.34. The number of rotatable bonds is 11. The van der Waals surface area contributed by atoms with Crippen molar-refractivity contribution in [3.63, 3.8) is 0 Å². The SMILES string of the molecule is CCC(C)(C)c1ccc(OCC(=O)N2CCNC(=O)C2CC(=O)OCCOc2ccccc2)cc1. The van der Waals surface area contributed by atoms with E-state index in [4.69, 9.17) is 14.2 Å². The molecule has 1 N–H and O–H groups in total. The van der Waals surface area contributed by atoms with Crippen molar-refractivity contribution in [1.82, 2.24) is 10.2 Å². The van der Waals surface area contributed by atoms with Crippen LogP contribution in [0.15, 0.2) is 54.6 Å². The van der Waals surface area contributed by atoms with Gasteiger partial charge in [0, 0.05) is 13.1 Å². The molecule has 1 fully saturated rings. The van der Waals surface area contributed by atoms with Crippen molar-refractivity contribution in [2.45, 2.75) is 45.1 Å². The fourth-order valence-corrected chi connectivity index (χ4v) is 3.70. The van der Waals surface area contributed by atoms with Gasteiger partial charge in [-0.2, -0.15) is 0 Å². The Morgan fingerprint density at radius 2 is 1.69 bits per heavy atom. The van der Waals surface area contributed by atoms with Crippen LogP contribution < -0.4 is 14.8 Å². The summed E-state index contributed by atoms with van der Waals surface area (Å²) in [6, 6.07) is 15.9. The summed E-state index contributed by atoms with van der Waals surface area (Å²) >= 11 is 0. The largest absolute Gasteiger partial charge is 0.490 e. The summed E-state index contributed by atoms with van der Waals surface area (Å²) in [5.41, 5.74) is 1.25. The minimum Gasteiger partial charge on any atom is -0.490 e. The molecule has 2 aromatic rings. The zero-order valence-electron chi connectivity index (χ0n) is 20.6. The van der Waals surface area contributed by atoms with E-state index in [9.17, 15) is 14.4 Å². The van der Waals surface area contributed by atoms with Crippen molar-refractivity contribution in [2.24, 2.45) is 0 Å². The van der Waals surface area contributed by atoms with Gasteiger partial charge >= 0.3 is 5.97 Å². The van der Waals surface area contributed by atoms with Crippen LogP contribution in [0.5, 0.6) is 11.5 Å². The van der Waals surface area contributed by atoms with Gasteiger partial charge in [-0.1, -0.05) is 51.1 Å². The van der Waals surface area contributed by atoms with Crippen molar-refractivity contribution >= 4 is 17.8 Å². The molecule has 0 aromatic heterocycles. The summed E-state index contributed by atoms with van der Waals surface area (Å²) < 4.78 is 16.4. The Labute approximate surface area is 206 Å². The number of ether oxygens (including phenoxy) is 3. The predicted molar refractivity (Wildman–Crippen MR) is 131 cm³/mol. The second-order valence-corrected chi connectivity index (χ2v) is 9.03.